The van der Waals surface area contributed by atoms with E-state index in [1.54, 1.807) is 25.1 Å². The Kier molecular flexibility index (Phi) is 9.08. The summed E-state index contributed by atoms with van der Waals surface area (Å²) < 4.78 is 6.82. The summed E-state index contributed by atoms with van der Waals surface area (Å²) in [5.41, 5.74) is 2.63. The maximum Gasteiger partial charge on any atom is 0.261 e. The number of hydrogen-bond donors (Lipinski definition) is 1. The fraction of sp³-hybridized carbons (Fsp3) is 0.440. The zero-order valence-corrected chi connectivity index (χ0v) is 22.2. The Morgan fingerprint density at radius 3 is 2.30 bits per heavy atom. The molecule has 0 aromatic heterocycles. The van der Waals surface area contributed by atoms with E-state index in [-0.39, 0.29) is 31.0 Å². The second kappa shape index (κ2) is 11.6. The highest BCUT2D eigenvalue weighted by atomic mass is 79.9. The van der Waals surface area contributed by atoms with Crippen LogP contribution in [-0.2, 0) is 16.1 Å². The third kappa shape index (κ3) is 6.65. The summed E-state index contributed by atoms with van der Waals surface area (Å²) in [4.78, 5) is 27.8. The Bertz CT molecular complexity index is 981. The van der Waals surface area contributed by atoms with Gasteiger partial charge in [0.15, 0.2) is 6.61 Å². The van der Waals surface area contributed by atoms with E-state index in [0.717, 1.165) is 41.3 Å². The monoisotopic (exact) mass is 554 g/mol. The number of amides is 2. The predicted molar refractivity (Wildman–Crippen MR) is 136 cm³/mol. The molecule has 0 aliphatic heterocycles. The van der Waals surface area contributed by atoms with Crippen molar-refractivity contribution in [2.24, 2.45) is 0 Å². The van der Waals surface area contributed by atoms with Crippen LogP contribution in [0.3, 0.4) is 0 Å². The SMILES string of the molecule is Cc1cc(OCC(=O)N(Cc2c(Cl)cccc2Cl)[C@H](C)C(=O)NC2CCCC2)cc(C)c1Br. The van der Waals surface area contributed by atoms with Gasteiger partial charge < -0.3 is 15.0 Å². The summed E-state index contributed by atoms with van der Waals surface area (Å²) in [7, 11) is 0. The Hall–Kier alpha value is -1.76. The molecular weight excluding hydrogens is 527 g/mol. The predicted octanol–water partition coefficient (Wildman–Crippen LogP) is 6.23. The normalized spacial score (nSPS) is 14.7. The van der Waals surface area contributed by atoms with Gasteiger partial charge in [-0.15, -0.1) is 0 Å². The lowest BCUT2D eigenvalue weighted by Gasteiger charge is -2.30. The van der Waals surface area contributed by atoms with Gasteiger partial charge in [0, 0.05) is 32.7 Å². The molecule has 1 aliphatic carbocycles. The van der Waals surface area contributed by atoms with Crippen LogP contribution in [0.5, 0.6) is 5.75 Å². The average molecular weight is 556 g/mol. The van der Waals surface area contributed by atoms with Crippen molar-refractivity contribution in [3.05, 3.63) is 61.5 Å². The first kappa shape index (κ1) is 25.9. The van der Waals surface area contributed by atoms with Gasteiger partial charge in [0.05, 0.1) is 0 Å². The van der Waals surface area contributed by atoms with Crippen LogP contribution in [-0.4, -0.2) is 35.4 Å². The van der Waals surface area contributed by atoms with E-state index in [0.29, 0.717) is 21.4 Å². The minimum atomic E-state index is -0.706. The van der Waals surface area contributed by atoms with Gasteiger partial charge >= 0.3 is 0 Å². The van der Waals surface area contributed by atoms with Gasteiger partial charge in [0.25, 0.3) is 5.91 Å². The van der Waals surface area contributed by atoms with Crippen LogP contribution in [0.2, 0.25) is 10.0 Å². The summed E-state index contributed by atoms with van der Waals surface area (Å²) in [5, 5.41) is 3.98. The number of rotatable bonds is 8. The Balaban J connectivity index is 1.79. The van der Waals surface area contributed by atoms with Crippen LogP contribution in [0.1, 0.15) is 49.3 Å². The number of hydrogen-bond acceptors (Lipinski definition) is 3. The summed E-state index contributed by atoms with van der Waals surface area (Å²) in [6.45, 7) is 5.56. The van der Waals surface area contributed by atoms with E-state index >= 15 is 0 Å². The van der Waals surface area contributed by atoms with Crippen molar-refractivity contribution in [2.75, 3.05) is 6.61 Å². The minimum Gasteiger partial charge on any atom is -0.484 e. The van der Waals surface area contributed by atoms with Crippen molar-refractivity contribution in [2.45, 2.75) is 65.1 Å². The molecular formula is C25H29BrCl2N2O3. The molecule has 2 aromatic carbocycles. The summed E-state index contributed by atoms with van der Waals surface area (Å²) in [6.07, 6.45) is 4.15. The van der Waals surface area contributed by atoms with Crippen LogP contribution < -0.4 is 10.1 Å². The van der Waals surface area contributed by atoms with E-state index in [9.17, 15) is 9.59 Å². The van der Waals surface area contributed by atoms with E-state index in [1.165, 1.54) is 4.90 Å². The lowest BCUT2D eigenvalue weighted by molar-refractivity contribution is -0.142. The number of nitrogens with one attached hydrogen (secondary N) is 1. The van der Waals surface area contributed by atoms with Crippen molar-refractivity contribution in [3.63, 3.8) is 0 Å². The highest BCUT2D eigenvalue weighted by Gasteiger charge is 2.29. The summed E-state index contributed by atoms with van der Waals surface area (Å²) in [6, 6.07) is 8.38. The molecule has 178 valence electrons. The minimum absolute atomic E-state index is 0.109. The third-order valence-corrected chi connectivity index (χ3v) is 7.99. The van der Waals surface area contributed by atoms with Crippen molar-refractivity contribution < 1.29 is 14.3 Å². The smallest absolute Gasteiger partial charge is 0.261 e. The Labute approximate surface area is 213 Å². The maximum absolute atomic E-state index is 13.3. The molecule has 2 amide bonds. The van der Waals surface area contributed by atoms with Gasteiger partial charge in [-0.25, -0.2) is 0 Å². The first-order valence-electron chi connectivity index (χ1n) is 11.1. The first-order chi connectivity index (χ1) is 15.7. The Morgan fingerprint density at radius 2 is 1.73 bits per heavy atom. The lowest BCUT2D eigenvalue weighted by Crippen LogP contribution is -2.50. The molecule has 2 aromatic rings. The third-order valence-electron chi connectivity index (χ3n) is 6.03. The molecule has 0 heterocycles. The highest BCUT2D eigenvalue weighted by Crippen LogP contribution is 2.28. The van der Waals surface area contributed by atoms with E-state index in [4.69, 9.17) is 27.9 Å². The molecule has 0 spiro atoms. The lowest BCUT2D eigenvalue weighted by atomic mass is 10.1. The molecule has 3 rings (SSSR count). The fourth-order valence-electron chi connectivity index (χ4n) is 4.05. The standard InChI is InChI=1S/C25H29BrCl2N2O3/c1-15-11-19(12-16(2)24(15)26)33-14-23(31)30(13-20-21(27)9-6-10-22(20)28)17(3)25(32)29-18-7-4-5-8-18/h6,9-12,17-18H,4-5,7-8,13-14H2,1-3H3,(H,29,32)/t17-/m1/s1. The van der Waals surface area contributed by atoms with Crippen LogP contribution >= 0.6 is 39.1 Å². The van der Waals surface area contributed by atoms with Crippen LogP contribution in [0, 0.1) is 13.8 Å². The molecule has 5 nitrogen and oxygen atoms in total. The molecule has 0 saturated heterocycles. The van der Waals surface area contributed by atoms with Crippen molar-refractivity contribution in [3.8, 4) is 5.75 Å². The van der Waals surface area contributed by atoms with Crippen molar-refractivity contribution >= 4 is 50.9 Å². The number of ether oxygens (including phenoxy) is 1. The van der Waals surface area contributed by atoms with Crippen LogP contribution in [0.25, 0.3) is 0 Å². The zero-order chi connectivity index (χ0) is 24.1. The number of carbonyl (C=O) groups is 2. The quantitative estimate of drug-likeness (QED) is 0.420. The fourth-order valence-corrected chi connectivity index (χ4v) is 4.79. The second-order valence-electron chi connectivity index (χ2n) is 8.55. The number of benzene rings is 2. The van der Waals surface area contributed by atoms with Gasteiger partial charge in [-0.2, -0.15) is 0 Å². The topological polar surface area (TPSA) is 58.6 Å². The van der Waals surface area contributed by atoms with E-state index < -0.39 is 6.04 Å². The Morgan fingerprint density at radius 1 is 1.15 bits per heavy atom. The van der Waals surface area contributed by atoms with Crippen molar-refractivity contribution in [1.82, 2.24) is 10.2 Å². The van der Waals surface area contributed by atoms with Crippen molar-refractivity contribution in [1.29, 1.82) is 0 Å². The first-order valence-corrected chi connectivity index (χ1v) is 12.6. The molecule has 1 saturated carbocycles. The van der Waals surface area contributed by atoms with Gasteiger partial charge in [-0.1, -0.05) is 58.0 Å². The average Bonchev–Trinajstić information content (AvgIpc) is 3.28. The molecule has 33 heavy (non-hydrogen) atoms. The van der Waals surface area contributed by atoms with Crippen LogP contribution in [0.15, 0.2) is 34.8 Å². The van der Waals surface area contributed by atoms with Gasteiger partial charge in [0.2, 0.25) is 5.91 Å². The van der Waals surface area contributed by atoms with Crippen LogP contribution in [0.4, 0.5) is 0 Å². The number of aryl methyl sites for hydroxylation is 2. The zero-order valence-electron chi connectivity index (χ0n) is 19.1. The summed E-state index contributed by atoms with van der Waals surface area (Å²) >= 11 is 16.3. The van der Waals surface area contributed by atoms with E-state index in [2.05, 4.69) is 21.2 Å². The molecule has 1 N–H and O–H groups in total. The number of halogens is 3. The molecule has 0 radical (unpaired) electrons. The molecule has 8 heteroatoms. The summed E-state index contributed by atoms with van der Waals surface area (Å²) in [5.74, 6) is 0.0902. The molecule has 1 fully saturated rings. The van der Waals surface area contributed by atoms with Gasteiger partial charge in [-0.3, -0.25) is 9.59 Å². The van der Waals surface area contributed by atoms with Gasteiger partial charge in [0.1, 0.15) is 11.8 Å². The van der Waals surface area contributed by atoms with Gasteiger partial charge in [-0.05, 0) is 69.0 Å². The number of carbonyl (C=O) groups excluding carboxylic acids is 2. The van der Waals surface area contributed by atoms with E-state index in [1.807, 2.05) is 26.0 Å². The largest absolute Gasteiger partial charge is 0.484 e. The molecule has 0 bridgehead atoms. The molecule has 1 aliphatic rings. The second-order valence-corrected chi connectivity index (χ2v) is 10.2. The highest BCUT2D eigenvalue weighted by molar-refractivity contribution is 9.10. The number of nitrogens with zero attached hydrogens (tertiary/aromatic N) is 1. The molecule has 0 unspecified atom stereocenters. The molecule has 1 atom stereocenters. The maximum atomic E-state index is 13.3.